The molecule has 0 spiro atoms. The first kappa shape index (κ1) is 18.5. The molecule has 2 aromatic rings. The number of aromatic nitrogens is 2. The number of rotatable bonds is 6. The van der Waals surface area contributed by atoms with Crippen LogP contribution in [-0.4, -0.2) is 27.1 Å². The number of benzene rings is 1. The highest BCUT2D eigenvalue weighted by molar-refractivity contribution is 7.99. The van der Waals surface area contributed by atoms with Gasteiger partial charge in [-0.05, 0) is 51.0 Å². The third kappa shape index (κ3) is 4.09. The lowest BCUT2D eigenvalue weighted by atomic mass is 10.2. The van der Waals surface area contributed by atoms with Gasteiger partial charge in [-0.15, -0.1) is 0 Å². The van der Waals surface area contributed by atoms with Crippen LogP contribution >= 0.6 is 11.8 Å². The third-order valence-electron chi connectivity index (χ3n) is 4.83. The number of nitrogens with one attached hydrogen (secondary N) is 1. The van der Waals surface area contributed by atoms with Crippen LogP contribution in [0, 0.1) is 13.8 Å². The summed E-state index contributed by atoms with van der Waals surface area (Å²) in [5.41, 5.74) is 8.51. The Morgan fingerprint density at radius 2 is 1.88 bits per heavy atom. The molecule has 7 heteroatoms. The van der Waals surface area contributed by atoms with Crippen molar-refractivity contribution < 1.29 is 9.59 Å². The second-order valence-corrected chi connectivity index (χ2v) is 7.59. The van der Waals surface area contributed by atoms with Gasteiger partial charge in [0.15, 0.2) is 5.16 Å². The van der Waals surface area contributed by atoms with Crippen LogP contribution in [0.25, 0.3) is 0 Å². The Kier molecular flexibility index (Phi) is 5.66. The largest absolute Gasteiger partial charge is 0.366 e. The van der Waals surface area contributed by atoms with Crippen molar-refractivity contribution in [1.29, 1.82) is 0 Å². The minimum atomic E-state index is -0.483. The minimum absolute atomic E-state index is 0.0990. The molecule has 1 aliphatic carbocycles. The molecule has 0 radical (unpaired) electrons. The van der Waals surface area contributed by atoms with Crippen LogP contribution in [0.5, 0.6) is 0 Å². The second-order valence-electron chi connectivity index (χ2n) is 6.65. The monoisotopic (exact) mass is 372 g/mol. The summed E-state index contributed by atoms with van der Waals surface area (Å²) < 4.78 is 2.31. The normalized spacial score (nSPS) is 14.5. The first-order valence-electron chi connectivity index (χ1n) is 8.83. The van der Waals surface area contributed by atoms with Gasteiger partial charge in [0.1, 0.15) is 0 Å². The second kappa shape index (κ2) is 7.95. The number of hydrogen-bond acceptors (Lipinski definition) is 4. The molecule has 138 valence electrons. The van der Waals surface area contributed by atoms with Crippen LogP contribution < -0.4 is 11.1 Å². The zero-order valence-electron chi connectivity index (χ0n) is 15.1. The van der Waals surface area contributed by atoms with Gasteiger partial charge < -0.3 is 15.6 Å². The van der Waals surface area contributed by atoms with E-state index >= 15 is 0 Å². The summed E-state index contributed by atoms with van der Waals surface area (Å²) in [7, 11) is 0. The van der Waals surface area contributed by atoms with Crippen molar-refractivity contribution >= 4 is 29.3 Å². The summed E-state index contributed by atoms with van der Waals surface area (Å²) >= 11 is 1.47. The van der Waals surface area contributed by atoms with Crippen molar-refractivity contribution in [2.75, 3.05) is 11.1 Å². The number of imidazole rings is 1. The third-order valence-corrected chi connectivity index (χ3v) is 5.78. The molecule has 1 aromatic carbocycles. The summed E-state index contributed by atoms with van der Waals surface area (Å²) in [6, 6.07) is 7.06. The maximum absolute atomic E-state index is 12.3. The number of carbonyl (C=O) groups excluding carboxylic acids is 2. The van der Waals surface area contributed by atoms with Gasteiger partial charge in [0.25, 0.3) is 0 Å². The summed E-state index contributed by atoms with van der Waals surface area (Å²) in [6.45, 7) is 4.12. The molecule has 0 saturated heterocycles. The van der Waals surface area contributed by atoms with Gasteiger partial charge in [0.2, 0.25) is 11.8 Å². The van der Waals surface area contributed by atoms with Gasteiger partial charge in [-0.1, -0.05) is 24.6 Å². The zero-order valence-corrected chi connectivity index (χ0v) is 15.9. The Hall–Kier alpha value is -2.28. The van der Waals surface area contributed by atoms with E-state index in [1.165, 1.54) is 43.1 Å². The molecule has 0 aliphatic heterocycles. The van der Waals surface area contributed by atoms with E-state index in [4.69, 9.17) is 5.73 Å². The number of aryl methyl sites for hydroxylation is 1. The Morgan fingerprint density at radius 3 is 2.50 bits per heavy atom. The SMILES string of the molecule is Cc1nc(SCC(=O)Nc2ccc(C(N)=O)cc2)n(C2CCCC2)c1C. The lowest BCUT2D eigenvalue weighted by Crippen LogP contribution is -2.16. The van der Waals surface area contributed by atoms with E-state index in [2.05, 4.69) is 21.8 Å². The number of anilines is 1. The molecule has 2 amide bonds. The molecular formula is C19H24N4O2S. The molecule has 1 heterocycles. The lowest BCUT2D eigenvalue weighted by molar-refractivity contribution is -0.113. The van der Waals surface area contributed by atoms with Gasteiger partial charge in [-0.25, -0.2) is 4.98 Å². The summed E-state index contributed by atoms with van der Waals surface area (Å²) in [5, 5.41) is 3.76. The van der Waals surface area contributed by atoms with E-state index in [0.717, 1.165) is 10.9 Å². The summed E-state index contributed by atoms with van der Waals surface area (Å²) in [5.74, 6) is -0.291. The predicted molar refractivity (Wildman–Crippen MR) is 104 cm³/mol. The zero-order chi connectivity index (χ0) is 18.7. The minimum Gasteiger partial charge on any atom is -0.366 e. The molecule has 0 bridgehead atoms. The van der Waals surface area contributed by atoms with E-state index in [1.54, 1.807) is 24.3 Å². The molecule has 1 aromatic heterocycles. The summed E-state index contributed by atoms with van der Waals surface area (Å²) in [4.78, 5) is 28.0. The first-order valence-corrected chi connectivity index (χ1v) is 9.82. The Bertz CT molecular complexity index is 808. The van der Waals surface area contributed by atoms with Gasteiger partial charge in [-0.2, -0.15) is 0 Å². The van der Waals surface area contributed by atoms with Crippen LogP contribution in [-0.2, 0) is 4.79 Å². The summed E-state index contributed by atoms with van der Waals surface area (Å²) in [6.07, 6.45) is 4.88. The van der Waals surface area contributed by atoms with Crippen molar-refractivity contribution in [2.24, 2.45) is 5.73 Å². The molecule has 26 heavy (non-hydrogen) atoms. The number of hydrogen-bond donors (Lipinski definition) is 2. The van der Waals surface area contributed by atoms with Crippen molar-refractivity contribution in [3.05, 3.63) is 41.2 Å². The Morgan fingerprint density at radius 1 is 1.23 bits per heavy atom. The fourth-order valence-corrected chi connectivity index (χ4v) is 4.29. The van der Waals surface area contributed by atoms with E-state index < -0.39 is 5.91 Å². The average Bonchev–Trinajstić information content (AvgIpc) is 3.22. The highest BCUT2D eigenvalue weighted by Crippen LogP contribution is 2.35. The number of carbonyl (C=O) groups is 2. The van der Waals surface area contributed by atoms with Crippen molar-refractivity contribution in [1.82, 2.24) is 9.55 Å². The highest BCUT2D eigenvalue weighted by atomic mass is 32.2. The number of amides is 2. The van der Waals surface area contributed by atoms with E-state index in [-0.39, 0.29) is 5.91 Å². The molecular weight excluding hydrogens is 348 g/mol. The predicted octanol–water partition coefficient (Wildman–Crippen LogP) is 3.44. The van der Waals surface area contributed by atoms with Crippen LogP contribution in [0.15, 0.2) is 29.4 Å². The van der Waals surface area contributed by atoms with Crippen LogP contribution in [0.2, 0.25) is 0 Å². The average molecular weight is 372 g/mol. The molecule has 3 N–H and O–H groups in total. The quantitative estimate of drug-likeness (QED) is 0.760. The maximum atomic E-state index is 12.3. The van der Waals surface area contributed by atoms with Crippen LogP contribution in [0.3, 0.4) is 0 Å². The fourth-order valence-electron chi connectivity index (χ4n) is 3.34. The molecule has 6 nitrogen and oxygen atoms in total. The van der Waals surface area contributed by atoms with Gasteiger partial charge >= 0.3 is 0 Å². The van der Waals surface area contributed by atoms with E-state index in [9.17, 15) is 9.59 Å². The molecule has 0 atom stereocenters. The molecule has 1 fully saturated rings. The van der Waals surface area contributed by atoms with Crippen molar-refractivity contribution in [3.8, 4) is 0 Å². The van der Waals surface area contributed by atoms with Crippen LogP contribution in [0.1, 0.15) is 53.5 Å². The highest BCUT2D eigenvalue weighted by Gasteiger charge is 2.23. The fraction of sp³-hybridized carbons (Fsp3) is 0.421. The molecule has 1 aliphatic rings. The van der Waals surface area contributed by atoms with E-state index in [1.807, 2.05) is 6.92 Å². The Balaban J connectivity index is 1.62. The number of nitrogens with two attached hydrogens (primary N) is 1. The number of nitrogens with zero attached hydrogens (tertiary/aromatic N) is 2. The molecule has 1 saturated carbocycles. The van der Waals surface area contributed by atoms with Crippen LogP contribution in [0.4, 0.5) is 5.69 Å². The van der Waals surface area contributed by atoms with Crippen molar-refractivity contribution in [3.63, 3.8) is 0 Å². The van der Waals surface area contributed by atoms with Gasteiger partial charge in [0.05, 0.1) is 11.4 Å². The maximum Gasteiger partial charge on any atom is 0.248 e. The number of thioether (sulfide) groups is 1. The van der Waals surface area contributed by atoms with Crippen molar-refractivity contribution in [2.45, 2.75) is 50.7 Å². The lowest BCUT2D eigenvalue weighted by Gasteiger charge is -2.16. The first-order chi connectivity index (χ1) is 12.5. The Labute approximate surface area is 157 Å². The number of primary amides is 1. The van der Waals surface area contributed by atoms with Gasteiger partial charge in [-0.3, -0.25) is 9.59 Å². The topological polar surface area (TPSA) is 90.0 Å². The van der Waals surface area contributed by atoms with Gasteiger partial charge in [0, 0.05) is 23.0 Å². The smallest absolute Gasteiger partial charge is 0.248 e. The van der Waals surface area contributed by atoms with E-state index in [0.29, 0.717) is 23.0 Å². The standard InChI is InChI=1S/C19H24N4O2S/c1-12-13(2)23(16-5-3-4-6-16)19(21-12)26-11-17(24)22-15-9-7-14(8-10-15)18(20)25/h7-10,16H,3-6,11H2,1-2H3,(H2,20,25)(H,22,24). The molecule has 3 rings (SSSR count). The molecule has 0 unspecified atom stereocenters.